The second-order valence-electron chi connectivity index (χ2n) is 4.22. The maximum Gasteiger partial charge on any atom is 0.265 e. The van der Waals surface area contributed by atoms with Crippen molar-refractivity contribution >= 4 is 15.7 Å². The first-order chi connectivity index (χ1) is 9.49. The number of para-hydroxylation sites is 2. The molecule has 1 heterocycles. The fourth-order valence-electron chi connectivity index (χ4n) is 1.94. The number of nitrogens with zero attached hydrogens (tertiary/aromatic N) is 2. The Hall–Kier alpha value is -2.02. The number of ether oxygens (including phenoxy) is 1. The molecule has 0 radical (unpaired) electrons. The van der Waals surface area contributed by atoms with Crippen molar-refractivity contribution in [2.24, 2.45) is 0 Å². The topological polar surface area (TPSA) is 73.2 Å². The molecule has 1 N–H and O–H groups in total. The summed E-state index contributed by atoms with van der Waals surface area (Å²) in [5.74, 6) is 0.469. The Morgan fingerprint density at radius 3 is 2.65 bits per heavy atom. The van der Waals surface area contributed by atoms with E-state index in [1.165, 1.54) is 13.3 Å². The number of aryl methyl sites for hydroxylation is 1. The van der Waals surface area contributed by atoms with E-state index in [4.69, 9.17) is 4.74 Å². The third-order valence-corrected chi connectivity index (χ3v) is 4.47. The lowest BCUT2D eigenvalue weighted by atomic mass is 10.3. The van der Waals surface area contributed by atoms with Crippen molar-refractivity contribution in [3.8, 4) is 5.75 Å². The van der Waals surface area contributed by atoms with Gasteiger partial charge in [-0.05, 0) is 26.0 Å². The third kappa shape index (κ3) is 2.62. The molecule has 0 saturated heterocycles. The lowest BCUT2D eigenvalue weighted by Crippen LogP contribution is -2.14. The normalized spacial score (nSPS) is 11.3. The van der Waals surface area contributed by atoms with Crippen LogP contribution in [0.25, 0.3) is 0 Å². The van der Waals surface area contributed by atoms with E-state index in [2.05, 4.69) is 9.82 Å². The van der Waals surface area contributed by atoms with Crippen LogP contribution in [-0.4, -0.2) is 25.3 Å². The van der Waals surface area contributed by atoms with Crippen molar-refractivity contribution < 1.29 is 13.2 Å². The van der Waals surface area contributed by atoms with Crippen LogP contribution >= 0.6 is 0 Å². The van der Waals surface area contributed by atoms with Crippen LogP contribution in [0.5, 0.6) is 5.75 Å². The number of hydrogen-bond donors (Lipinski definition) is 1. The summed E-state index contributed by atoms with van der Waals surface area (Å²) in [7, 11) is -2.19. The molecule has 0 unspecified atom stereocenters. The highest BCUT2D eigenvalue weighted by molar-refractivity contribution is 7.92. The maximum absolute atomic E-state index is 12.4. The van der Waals surface area contributed by atoms with E-state index in [1.807, 2.05) is 6.92 Å². The van der Waals surface area contributed by atoms with Crippen LogP contribution in [0.3, 0.4) is 0 Å². The average Bonchev–Trinajstić information content (AvgIpc) is 2.80. The van der Waals surface area contributed by atoms with Crippen LogP contribution in [-0.2, 0) is 16.6 Å². The van der Waals surface area contributed by atoms with Crippen molar-refractivity contribution in [2.45, 2.75) is 25.3 Å². The van der Waals surface area contributed by atoms with Crippen molar-refractivity contribution in [2.75, 3.05) is 11.8 Å². The summed E-state index contributed by atoms with van der Waals surface area (Å²) in [5.41, 5.74) is 1.01. The van der Waals surface area contributed by atoms with E-state index in [9.17, 15) is 8.42 Å². The van der Waals surface area contributed by atoms with Gasteiger partial charge >= 0.3 is 0 Å². The second-order valence-corrected chi connectivity index (χ2v) is 5.87. The van der Waals surface area contributed by atoms with Crippen molar-refractivity contribution in [3.63, 3.8) is 0 Å². The minimum Gasteiger partial charge on any atom is -0.495 e. The number of benzene rings is 1. The molecule has 0 aliphatic carbocycles. The molecule has 1 aromatic carbocycles. The second kappa shape index (κ2) is 5.54. The number of hydrogen-bond acceptors (Lipinski definition) is 4. The lowest BCUT2D eigenvalue weighted by molar-refractivity contribution is 0.417. The van der Waals surface area contributed by atoms with Gasteiger partial charge in [0.05, 0.1) is 24.7 Å². The summed E-state index contributed by atoms with van der Waals surface area (Å²) in [6.45, 7) is 4.26. The fraction of sp³-hybridized carbons (Fsp3) is 0.308. The van der Waals surface area contributed by atoms with Crippen LogP contribution in [0.15, 0.2) is 35.4 Å². The number of rotatable bonds is 5. The van der Waals surface area contributed by atoms with Crippen LogP contribution in [0.2, 0.25) is 0 Å². The van der Waals surface area contributed by atoms with Gasteiger partial charge in [0, 0.05) is 6.54 Å². The molecular formula is C13H17N3O3S. The van der Waals surface area contributed by atoms with Gasteiger partial charge in [0.15, 0.2) is 0 Å². The number of anilines is 1. The third-order valence-electron chi connectivity index (χ3n) is 3.00. The molecule has 2 aromatic rings. The molecule has 0 aliphatic heterocycles. The van der Waals surface area contributed by atoms with Crippen LogP contribution in [0, 0.1) is 6.92 Å². The van der Waals surface area contributed by atoms with Crippen molar-refractivity contribution in [3.05, 3.63) is 36.2 Å². The largest absolute Gasteiger partial charge is 0.495 e. The van der Waals surface area contributed by atoms with E-state index >= 15 is 0 Å². The average molecular weight is 295 g/mol. The highest BCUT2D eigenvalue weighted by Crippen LogP contribution is 2.26. The quantitative estimate of drug-likeness (QED) is 0.916. The van der Waals surface area contributed by atoms with Gasteiger partial charge in [0.25, 0.3) is 10.0 Å². The molecule has 0 aliphatic rings. The van der Waals surface area contributed by atoms with Gasteiger partial charge < -0.3 is 4.74 Å². The summed E-state index contributed by atoms with van der Waals surface area (Å²) in [6.07, 6.45) is 1.36. The van der Waals surface area contributed by atoms with E-state index in [1.54, 1.807) is 35.9 Å². The smallest absolute Gasteiger partial charge is 0.265 e. The lowest BCUT2D eigenvalue weighted by Gasteiger charge is -2.11. The molecule has 20 heavy (non-hydrogen) atoms. The fourth-order valence-corrected chi connectivity index (χ4v) is 3.19. The zero-order valence-corrected chi connectivity index (χ0v) is 12.4. The highest BCUT2D eigenvalue weighted by atomic mass is 32.2. The predicted molar refractivity (Wildman–Crippen MR) is 76.4 cm³/mol. The summed E-state index contributed by atoms with van der Waals surface area (Å²) in [6, 6.07) is 6.86. The Morgan fingerprint density at radius 1 is 1.35 bits per heavy atom. The first-order valence-corrected chi connectivity index (χ1v) is 7.66. The maximum atomic E-state index is 12.4. The predicted octanol–water partition coefficient (Wildman–Crippen LogP) is 2.02. The molecule has 6 nitrogen and oxygen atoms in total. The van der Waals surface area contributed by atoms with Crippen molar-refractivity contribution in [1.82, 2.24) is 9.78 Å². The molecule has 2 rings (SSSR count). The molecule has 0 spiro atoms. The van der Waals surface area contributed by atoms with Gasteiger partial charge in [0.1, 0.15) is 10.6 Å². The van der Waals surface area contributed by atoms with Gasteiger partial charge in [-0.2, -0.15) is 5.10 Å². The molecule has 1 aromatic heterocycles. The number of nitrogens with one attached hydrogen (secondary N) is 1. The van der Waals surface area contributed by atoms with Crippen LogP contribution in [0.1, 0.15) is 12.6 Å². The van der Waals surface area contributed by atoms with E-state index < -0.39 is 10.0 Å². The monoisotopic (exact) mass is 295 g/mol. The molecule has 0 bridgehead atoms. The first-order valence-electron chi connectivity index (χ1n) is 6.18. The Kier molecular flexibility index (Phi) is 3.99. The molecule has 0 fully saturated rings. The van der Waals surface area contributed by atoms with Crippen molar-refractivity contribution in [1.29, 1.82) is 0 Å². The summed E-state index contributed by atoms with van der Waals surface area (Å²) < 4.78 is 34.1. The van der Waals surface area contributed by atoms with E-state index in [0.29, 0.717) is 23.7 Å². The van der Waals surface area contributed by atoms with E-state index in [-0.39, 0.29) is 4.90 Å². The van der Waals surface area contributed by atoms with E-state index in [0.717, 1.165) is 0 Å². The molecule has 7 heteroatoms. The van der Waals surface area contributed by atoms with Gasteiger partial charge in [-0.1, -0.05) is 12.1 Å². The first kappa shape index (κ1) is 14.4. The summed E-state index contributed by atoms with van der Waals surface area (Å²) in [5, 5.41) is 4.05. The Balaban J connectivity index is 2.38. The number of methoxy groups -OCH3 is 1. The highest BCUT2D eigenvalue weighted by Gasteiger charge is 2.21. The SMILES string of the molecule is CCn1ncc(S(=O)(=O)Nc2ccccc2OC)c1C. The van der Waals surface area contributed by atoms with Crippen LogP contribution < -0.4 is 9.46 Å². The summed E-state index contributed by atoms with van der Waals surface area (Å²) >= 11 is 0. The zero-order valence-electron chi connectivity index (χ0n) is 11.6. The van der Waals surface area contributed by atoms with Crippen LogP contribution in [0.4, 0.5) is 5.69 Å². The molecule has 0 atom stereocenters. The minimum absolute atomic E-state index is 0.172. The Labute approximate surface area is 118 Å². The number of aromatic nitrogens is 2. The van der Waals surface area contributed by atoms with Gasteiger partial charge in [-0.15, -0.1) is 0 Å². The minimum atomic E-state index is -3.68. The number of sulfonamides is 1. The molecule has 0 amide bonds. The standard InChI is InChI=1S/C13H17N3O3S/c1-4-16-10(2)13(9-14-16)20(17,18)15-11-7-5-6-8-12(11)19-3/h5-9,15H,4H2,1-3H3. The Bertz CT molecular complexity index is 707. The van der Waals surface area contributed by atoms with Gasteiger partial charge in [0.2, 0.25) is 0 Å². The molecular weight excluding hydrogens is 278 g/mol. The zero-order chi connectivity index (χ0) is 14.8. The van der Waals surface area contributed by atoms with Gasteiger partial charge in [-0.3, -0.25) is 9.40 Å². The Morgan fingerprint density at radius 2 is 2.05 bits per heavy atom. The molecule has 0 saturated carbocycles. The summed E-state index contributed by atoms with van der Waals surface area (Å²) in [4.78, 5) is 0.172. The molecule has 108 valence electrons. The van der Waals surface area contributed by atoms with Gasteiger partial charge in [-0.25, -0.2) is 8.42 Å².